The van der Waals surface area contributed by atoms with Gasteiger partial charge in [0.2, 0.25) is 0 Å². The molecule has 0 radical (unpaired) electrons. The Balaban J connectivity index is 1.76. The average molecular weight is 296 g/mol. The van der Waals surface area contributed by atoms with E-state index in [1.165, 1.54) is 11.3 Å². The van der Waals surface area contributed by atoms with Crippen molar-refractivity contribution in [1.82, 2.24) is 0 Å². The number of likely N-dealkylation sites (N-methyl/N-ethyl adjacent to an activating group) is 1. The van der Waals surface area contributed by atoms with E-state index in [0.717, 1.165) is 24.2 Å². The van der Waals surface area contributed by atoms with E-state index in [1.54, 1.807) is 0 Å². The second-order valence-electron chi connectivity index (χ2n) is 5.74. The van der Waals surface area contributed by atoms with Gasteiger partial charge in [0.25, 0.3) is 0 Å². The fraction of sp³-hybridized carbons (Fsp3) is 0.278. The minimum absolute atomic E-state index is 0.465. The van der Waals surface area contributed by atoms with Gasteiger partial charge in [-0.3, -0.25) is 0 Å². The number of carboxylic acid groups (broad SMARTS) is 1. The van der Waals surface area contributed by atoms with Crippen molar-refractivity contribution in [2.24, 2.45) is 0 Å². The Morgan fingerprint density at radius 1 is 1.27 bits per heavy atom. The molecule has 0 saturated heterocycles. The van der Waals surface area contributed by atoms with Gasteiger partial charge in [-0.2, -0.15) is 0 Å². The first kappa shape index (κ1) is 14.4. The van der Waals surface area contributed by atoms with Crippen molar-refractivity contribution < 1.29 is 9.90 Å². The van der Waals surface area contributed by atoms with Crippen molar-refractivity contribution >= 4 is 17.3 Å². The summed E-state index contributed by atoms with van der Waals surface area (Å²) in [6, 6.07) is 15.2. The van der Waals surface area contributed by atoms with Crippen LogP contribution in [0, 0.1) is 0 Å². The van der Waals surface area contributed by atoms with Gasteiger partial charge in [-0.15, -0.1) is 0 Å². The largest absolute Gasteiger partial charge is 0.480 e. The highest BCUT2D eigenvalue weighted by Crippen LogP contribution is 2.29. The molecule has 2 N–H and O–H groups in total. The van der Waals surface area contributed by atoms with Gasteiger partial charge in [-0.25, -0.2) is 4.79 Å². The third-order valence-corrected chi connectivity index (χ3v) is 4.13. The number of aliphatic carboxylic acids is 1. The zero-order chi connectivity index (χ0) is 15.5. The molecule has 22 heavy (non-hydrogen) atoms. The summed E-state index contributed by atoms with van der Waals surface area (Å²) in [6.45, 7) is 1.02. The minimum Gasteiger partial charge on any atom is -0.480 e. The van der Waals surface area contributed by atoms with Crippen molar-refractivity contribution in [1.29, 1.82) is 0 Å². The van der Waals surface area contributed by atoms with Crippen LogP contribution in [0.15, 0.2) is 48.5 Å². The van der Waals surface area contributed by atoms with Gasteiger partial charge in [-0.05, 0) is 35.7 Å². The fourth-order valence-electron chi connectivity index (χ4n) is 2.91. The molecular formula is C18H20N2O2. The summed E-state index contributed by atoms with van der Waals surface area (Å²) < 4.78 is 0. The van der Waals surface area contributed by atoms with E-state index in [-0.39, 0.29) is 0 Å². The predicted octanol–water partition coefficient (Wildman–Crippen LogP) is 2.79. The van der Waals surface area contributed by atoms with Gasteiger partial charge < -0.3 is 15.3 Å². The van der Waals surface area contributed by atoms with Crippen LogP contribution in [0.25, 0.3) is 0 Å². The fourth-order valence-corrected chi connectivity index (χ4v) is 2.91. The molecule has 4 heteroatoms. The summed E-state index contributed by atoms with van der Waals surface area (Å²) in [5.41, 5.74) is 4.40. The highest BCUT2D eigenvalue weighted by atomic mass is 16.4. The summed E-state index contributed by atoms with van der Waals surface area (Å²) in [5, 5.41) is 12.6. The number of nitrogens with zero attached hydrogens (tertiary/aromatic N) is 1. The SMILES string of the molecule is CN1CCc2cc(NC(Cc3ccccc3)C(=O)O)ccc21. The molecule has 3 rings (SSSR count). The monoisotopic (exact) mass is 296 g/mol. The number of rotatable bonds is 5. The molecule has 0 amide bonds. The molecule has 1 aliphatic heterocycles. The zero-order valence-electron chi connectivity index (χ0n) is 12.6. The second kappa shape index (κ2) is 6.10. The maximum Gasteiger partial charge on any atom is 0.326 e. The Morgan fingerprint density at radius 2 is 2.05 bits per heavy atom. The molecule has 0 saturated carbocycles. The number of nitrogens with one attached hydrogen (secondary N) is 1. The molecule has 2 aromatic rings. The van der Waals surface area contributed by atoms with Crippen molar-refractivity contribution in [2.45, 2.75) is 18.9 Å². The number of carbonyl (C=O) groups is 1. The number of fused-ring (bicyclic) bond motifs is 1. The van der Waals surface area contributed by atoms with E-state index in [1.807, 2.05) is 36.4 Å². The maximum absolute atomic E-state index is 11.5. The molecule has 2 aromatic carbocycles. The summed E-state index contributed by atoms with van der Waals surface area (Å²) in [4.78, 5) is 13.7. The van der Waals surface area contributed by atoms with Crippen molar-refractivity contribution in [2.75, 3.05) is 23.8 Å². The van der Waals surface area contributed by atoms with Gasteiger partial charge in [0.1, 0.15) is 6.04 Å². The van der Waals surface area contributed by atoms with Crippen LogP contribution < -0.4 is 10.2 Å². The molecule has 1 atom stereocenters. The summed E-state index contributed by atoms with van der Waals surface area (Å²) in [7, 11) is 2.08. The molecular weight excluding hydrogens is 276 g/mol. The van der Waals surface area contributed by atoms with Gasteiger partial charge in [-0.1, -0.05) is 30.3 Å². The Hall–Kier alpha value is -2.49. The van der Waals surface area contributed by atoms with E-state index < -0.39 is 12.0 Å². The first-order chi connectivity index (χ1) is 10.6. The lowest BCUT2D eigenvalue weighted by molar-refractivity contribution is -0.137. The summed E-state index contributed by atoms with van der Waals surface area (Å²) in [5.74, 6) is -0.832. The lowest BCUT2D eigenvalue weighted by Gasteiger charge is -2.17. The number of benzene rings is 2. The molecule has 0 bridgehead atoms. The van der Waals surface area contributed by atoms with Crippen LogP contribution in [0.1, 0.15) is 11.1 Å². The topological polar surface area (TPSA) is 52.6 Å². The van der Waals surface area contributed by atoms with Crippen LogP contribution in [0.3, 0.4) is 0 Å². The van der Waals surface area contributed by atoms with Crippen LogP contribution in [-0.2, 0) is 17.6 Å². The van der Waals surface area contributed by atoms with Crippen LogP contribution in [-0.4, -0.2) is 30.7 Å². The van der Waals surface area contributed by atoms with E-state index in [0.29, 0.717) is 6.42 Å². The number of anilines is 2. The number of hydrogen-bond acceptors (Lipinski definition) is 3. The first-order valence-electron chi connectivity index (χ1n) is 7.51. The van der Waals surface area contributed by atoms with Crippen LogP contribution in [0.4, 0.5) is 11.4 Å². The van der Waals surface area contributed by atoms with E-state index >= 15 is 0 Å². The molecule has 0 aromatic heterocycles. The maximum atomic E-state index is 11.5. The molecule has 4 nitrogen and oxygen atoms in total. The van der Waals surface area contributed by atoms with Gasteiger partial charge in [0, 0.05) is 31.4 Å². The van der Waals surface area contributed by atoms with Gasteiger partial charge in [0.15, 0.2) is 0 Å². The number of carboxylic acids is 1. The van der Waals surface area contributed by atoms with Crippen molar-refractivity contribution in [3.63, 3.8) is 0 Å². The molecule has 0 spiro atoms. The highest BCUT2D eigenvalue weighted by molar-refractivity contribution is 5.78. The Labute approximate surface area is 130 Å². The first-order valence-corrected chi connectivity index (χ1v) is 7.51. The van der Waals surface area contributed by atoms with Crippen LogP contribution >= 0.6 is 0 Å². The van der Waals surface area contributed by atoms with Crippen LogP contribution in [0.2, 0.25) is 0 Å². The van der Waals surface area contributed by atoms with Gasteiger partial charge >= 0.3 is 5.97 Å². The Morgan fingerprint density at radius 3 is 2.77 bits per heavy atom. The van der Waals surface area contributed by atoms with Gasteiger partial charge in [0.05, 0.1) is 0 Å². The quantitative estimate of drug-likeness (QED) is 0.891. The molecule has 1 aliphatic rings. The lowest BCUT2D eigenvalue weighted by atomic mass is 10.1. The second-order valence-corrected chi connectivity index (χ2v) is 5.74. The standard InChI is InChI=1S/C18H20N2O2/c1-20-10-9-14-12-15(7-8-17(14)20)19-16(18(21)22)11-13-5-3-2-4-6-13/h2-8,12,16,19H,9-11H2,1H3,(H,21,22). The van der Waals surface area contributed by atoms with E-state index in [9.17, 15) is 9.90 Å². The van der Waals surface area contributed by atoms with Crippen molar-refractivity contribution in [3.05, 3.63) is 59.7 Å². The third kappa shape index (κ3) is 3.06. The highest BCUT2D eigenvalue weighted by Gasteiger charge is 2.20. The zero-order valence-corrected chi connectivity index (χ0v) is 12.6. The Bertz CT molecular complexity index is 670. The lowest BCUT2D eigenvalue weighted by Crippen LogP contribution is -2.31. The average Bonchev–Trinajstić information content (AvgIpc) is 2.88. The molecule has 1 unspecified atom stereocenters. The van der Waals surface area contributed by atoms with E-state index in [2.05, 4.69) is 29.4 Å². The summed E-state index contributed by atoms with van der Waals surface area (Å²) >= 11 is 0. The third-order valence-electron chi connectivity index (χ3n) is 4.13. The minimum atomic E-state index is -0.832. The normalized spacial score (nSPS) is 14.5. The van der Waals surface area contributed by atoms with Crippen LogP contribution in [0.5, 0.6) is 0 Å². The molecule has 1 heterocycles. The number of hydrogen-bond donors (Lipinski definition) is 2. The Kier molecular flexibility index (Phi) is 4.00. The molecule has 0 fully saturated rings. The summed E-state index contributed by atoms with van der Waals surface area (Å²) in [6.07, 6.45) is 1.48. The smallest absolute Gasteiger partial charge is 0.326 e. The van der Waals surface area contributed by atoms with E-state index in [4.69, 9.17) is 0 Å². The molecule has 0 aliphatic carbocycles. The molecule has 114 valence electrons. The van der Waals surface area contributed by atoms with Crippen molar-refractivity contribution in [3.8, 4) is 0 Å². The predicted molar refractivity (Wildman–Crippen MR) is 88.6 cm³/mol.